The summed E-state index contributed by atoms with van der Waals surface area (Å²) >= 11 is 0. The van der Waals surface area contributed by atoms with Gasteiger partial charge in [-0.1, -0.05) is 43.3 Å². The number of benzene rings is 1. The number of nitrogens with zero attached hydrogens (tertiary/aromatic N) is 1. The summed E-state index contributed by atoms with van der Waals surface area (Å²) in [7, 11) is 0. The number of hydroxylamine groups is 2. The van der Waals surface area contributed by atoms with Crippen LogP contribution in [-0.2, 0) is 20.8 Å². The van der Waals surface area contributed by atoms with E-state index in [1.165, 1.54) is 23.8 Å². The summed E-state index contributed by atoms with van der Waals surface area (Å²) in [5.41, 5.74) is -5.16. The Morgan fingerprint density at radius 1 is 1.18 bits per heavy atom. The lowest BCUT2D eigenvalue weighted by Crippen LogP contribution is -2.70. The van der Waals surface area contributed by atoms with Gasteiger partial charge in [0.2, 0.25) is 0 Å². The van der Waals surface area contributed by atoms with Crippen LogP contribution in [0.4, 0.5) is 8.78 Å². The first-order valence-corrected chi connectivity index (χ1v) is 13.6. The predicted octanol–water partition coefficient (Wildman–Crippen LogP) is 4.23. The number of rotatable bonds is 5. The Hall–Kier alpha value is -2.42. The highest BCUT2D eigenvalue weighted by atomic mass is 19.1. The Balaban J connectivity index is 1.30. The van der Waals surface area contributed by atoms with Gasteiger partial charge in [-0.15, -0.1) is 0 Å². The summed E-state index contributed by atoms with van der Waals surface area (Å²) in [6.07, 6.45) is 2.42. The van der Waals surface area contributed by atoms with Crippen molar-refractivity contribution in [1.29, 1.82) is 0 Å². The number of alkyl halides is 2. The molecule has 9 atom stereocenters. The minimum atomic E-state index is -2.23. The average molecular weight is 528 g/mol. The summed E-state index contributed by atoms with van der Waals surface area (Å²) in [5, 5.41) is 23.8. The van der Waals surface area contributed by atoms with Crippen LogP contribution in [0.5, 0.6) is 0 Å². The molecule has 1 heterocycles. The third-order valence-electron chi connectivity index (χ3n) is 10.7. The average Bonchev–Trinajstić information content (AvgIpc) is 3.36. The van der Waals surface area contributed by atoms with Crippen molar-refractivity contribution >= 4 is 11.8 Å². The standard InChI is InChI=1S/C30H35F2NO5/c1-27-11-10-20(34)14-23(27)24(31)15-22-21-13-19-17-33(12-6-9-18-7-4-3-5-8-18)38-30(19,26(36)37)28(21,2)16-25(35)29(22,27)32/h3-5,7-8,10-11,14,19,21-22,24-25,35H,6,9,12-13,15-17H2,1-2H3,(H,36,37). The van der Waals surface area contributed by atoms with Crippen molar-refractivity contribution in [2.75, 3.05) is 13.1 Å². The number of aliphatic hydroxyl groups is 1. The van der Waals surface area contributed by atoms with E-state index in [9.17, 15) is 19.8 Å². The number of aliphatic carboxylic acids is 1. The lowest BCUT2D eigenvalue weighted by Gasteiger charge is -2.63. The number of fused-ring (bicyclic) bond motifs is 7. The van der Waals surface area contributed by atoms with E-state index in [1.807, 2.05) is 18.2 Å². The summed E-state index contributed by atoms with van der Waals surface area (Å²) < 4.78 is 32.9. The van der Waals surface area contributed by atoms with Gasteiger partial charge in [0.25, 0.3) is 0 Å². The first-order chi connectivity index (χ1) is 18.0. The molecule has 3 saturated carbocycles. The fourth-order valence-electron chi connectivity index (χ4n) is 8.92. The van der Waals surface area contributed by atoms with E-state index in [0.29, 0.717) is 19.5 Å². The maximum absolute atomic E-state index is 17.3. The van der Waals surface area contributed by atoms with Crippen LogP contribution in [0.3, 0.4) is 0 Å². The van der Waals surface area contributed by atoms with Crippen molar-refractivity contribution in [3.05, 3.63) is 59.7 Å². The van der Waals surface area contributed by atoms with Crippen LogP contribution in [0.1, 0.15) is 45.1 Å². The Labute approximate surface area is 221 Å². The largest absolute Gasteiger partial charge is 0.479 e. The number of halogens is 2. The Morgan fingerprint density at radius 3 is 2.63 bits per heavy atom. The molecule has 1 aromatic carbocycles. The quantitative estimate of drug-likeness (QED) is 0.596. The van der Waals surface area contributed by atoms with Crippen LogP contribution < -0.4 is 0 Å². The number of aliphatic hydroxyl groups excluding tert-OH is 1. The molecule has 0 bridgehead atoms. The zero-order valence-corrected chi connectivity index (χ0v) is 21.8. The van der Waals surface area contributed by atoms with E-state index in [0.717, 1.165) is 12.8 Å². The number of aryl methyl sites for hydroxylation is 1. The third kappa shape index (κ3) is 3.20. The van der Waals surface area contributed by atoms with Crippen molar-refractivity contribution < 1.29 is 33.4 Å². The predicted molar refractivity (Wildman–Crippen MR) is 135 cm³/mol. The normalized spacial score (nSPS) is 45.7. The van der Waals surface area contributed by atoms with Gasteiger partial charge in [0, 0.05) is 35.8 Å². The fraction of sp³-hybridized carbons (Fsp3) is 0.600. The van der Waals surface area contributed by atoms with Crippen LogP contribution in [0.25, 0.3) is 0 Å². The van der Waals surface area contributed by atoms with Gasteiger partial charge in [-0.3, -0.25) is 9.63 Å². The maximum Gasteiger partial charge on any atom is 0.339 e. The van der Waals surface area contributed by atoms with Crippen LogP contribution >= 0.6 is 0 Å². The van der Waals surface area contributed by atoms with Crippen molar-refractivity contribution in [2.24, 2.45) is 28.6 Å². The Bertz CT molecular complexity index is 1220. The molecule has 9 unspecified atom stereocenters. The highest BCUT2D eigenvalue weighted by Crippen LogP contribution is 2.72. The first kappa shape index (κ1) is 25.8. The molecule has 8 heteroatoms. The first-order valence-electron chi connectivity index (χ1n) is 13.6. The third-order valence-corrected chi connectivity index (χ3v) is 10.7. The summed E-state index contributed by atoms with van der Waals surface area (Å²) in [6, 6.07) is 10.0. The van der Waals surface area contributed by atoms with Crippen molar-refractivity contribution in [2.45, 2.75) is 69.5 Å². The number of allylic oxidation sites excluding steroid dienone is 4. The highest BCUT2D eigenvalue weighted by molar-refractivity contribution is 6.01. The zero-order valence-electron chi connectivity index (χ0n) is 21.8. The van der Waals surface area contributed by atoms with Gasteiger partial charge in [0.15, 0.2) is 17.1 Å². The van der Waals surface area contributed by atoms with E-state index in [2.05, 4.69) is 12.1 Å². The molecule has 4 aliphatic carbocycles. The molecule has 38 heavy (non-hydrogen) atoms. The molecule has 0 spiro atoms. The molecule has 1 saturated heterocycles. The van der Waals surface area contributed by atoms with Crippen LogP contribution in [0.2, 0.25) is 0 Å². The lowest BCUT2D eigenvalue weighted by atomic mass is 9.44. The van der Waals surface area contributed by atoms with E-state index in [1.54, 1.807) is 18.9 Å². The fourth-order valence-corrected chi connectivity index (χ4v) is 8.92. The van der Waals surface area contributed by atoms with Crippen molar-refractivity contribution in [3.63, 3.8) is 0 Å². The maximum atomic E-state index is 17.3. The molecule has 0 amide bonds. The molecule has 2 N–H and O–H groups in total. The minimum Gasteiger partial charge on any atom is -0.479 e. The zero-order chi connectivity index (χ0) is 27.1. The summed E-state index contributed by atoms with van der Waals surface area (Å²) in [4.78, 5) is 31.3. The van der Waals surface area contributed by atoms with Gasteiger partial charge in [-0.25, -0.2) is 13.6 Å². The molecular formula is C30H35F2NO5. The monoisotopic (exact) mass is 527 g/mol. The van der Waals surface area contributed by atoms with Crippen molar-refractivity contribution in [3.8, 4) is 0 Å². The number of hydrogen-bond acceptors (Lipinski definition) is 5. The Kier molecular flexibility index (Phi) is 5.80. The number of carboxylic acids is 1. The van der Waals surface area contributed by atoms with Crippen LogP contribution in [0.15, 0.2) is 54.1 Å². The molecule has 1 aliphatic heterocycles. The van der Waals surface area contributed by atoms with Crippen molar-refractivity contribution in [1.82, 2.24) is 5.06 Å². The summed E-state index contributed by atoms with van der Waals surface area (Å²) in [6.45, 7) is 4.28. The van der Waals surface area contributed by atoms with Gasteiger partial charge in [-0.05, 0) is 68.2 Å². The van der Waals surface area contributed by atoms with Gasteiger partial charge in [-0.2, -0.15) is 5.06 Å². The molecular weight excluding hydrogens is 492 g/mol. The van der Waals surface area contributed by atoms with E-state index >= 15 is 8.78 Å². The smallest absolute Gasteiger partial charge is 0.339 e. The van der Waals surface area contributed by atoms with Crippen LogP contribution in [-0.4, -0.2) is 63.7 Å². The topological polar surface area (TPSA) is 87.1 Å². The molecule has 5 aliphatic rings. The van der Waals surface area contributed by atoms with E-state index in [-0.39, 0.29) is 18.4 Å². The van der Waals surface area contributed by atoms with Gasteiger partial charge >= 0.3 is 5.97 Å². The molecule has 0 radical (unpaired) electrons. The van der Waals surface area contributed by atoms with Crippen LogP contribution in [0, 0.1) is 28.6 Å². The molecule has 6 nitrogen and oxygen atoms in total. The number of carbonyl (C=O) groups excluding carboxylic acids is 1. The molecule has 4 fully saturated rings. The van der Waals surface area contributed by atoms with Gasteiger partial charge < -0.3 is 10.2 Å². The number of hydrogen-bond donors (Lipinski definition) is 2. The SMILES string of the molecule is CC12C=CC(=O)C=C1C(F)CC1C3CC4CN(CCCc5ccccc5)OC4(C(=O)O)C3(C)CC(O)C12F. The van der Waals surface area contributed by atoms with Gasteiger partial charge in [0.1, 0.15) is 6.17 Å². The number of ketones is 1. The minimum absolute atomic E-state index is 0.0679. The van der Waals surface area contributed by atoms with E-state index in [4.69, 9.17) is 4.84 Å². The number of carboxylic acid groups (broad SMARTS) is 1. The lowest BCUT2D eigenvalue weighted by molar-refractivity contribution is -0.273. The summed E-state index contributed by atoms with van der Waals surface area (Å²) in [5.74, 6) is -3.32. The molecule has 0 aromatic heterocycles. The van der Waals surface area contributed by atoms with E-state index < -0.39 is 63.9 Å². The second-order valence-corrected chi connectivity index (χ2v) is 12.4. The second-order valence-electron chi connectivity index (χ2n) is 12.4. The Morgan fingerprint density at radius 2 is 1.92 bits per heavy atom. The molecule has 204 valence electrons. The highest BCUT2D eigenvalue weighted by Gasteiger charge is 2.80. The molecule has 1 aromatic rings. The molecule has 6 rings (SSSR count). The van der Waals surface area contributed by atoms with Gasteiger partial charge in [0.05, 0.1) is 6.10 Å². The number of carbonyl (C=O) groups is 2. The second kappa shape index (κ2) is 8.54.